The Hall–Kier alpha value is -3.65. The van der Waals surface area contributed by atoms with Gasteiger partial charge in [0.1, 0.15) is 24.0 Å². The van der Waals surface area contributed by atoms with Crippen molar-refractivity contribution >= 4 is 6.09 Å². The summed E-state index contributed by atoms with van der Waals surface area (Å²) >= 11 is 0. The van der Waals surface area contributed by atoms with Gasteiger partial charge in [0.15, 0.2) is 0 Å². The molecule has 0 saturated carbocycles. The molecule has 26 heavy (non-hydrogen) atoms. The molecule has 1 aromatic carbocycles. The molecule has 1 amide bonds. The van der Waals surface area contributed by atoms with Gasteiger partial charge in [-0.1, -0.05) is 48.5 Å². The lowest BCUT2D eigenvalue weighted by atomic mass is 10.2. The van der Waals surface area contributed by atoms with Crippen molar-refractivity contribution in [3.8, 4) is 11.8 Å². The third kappa shape index (κ3) is 5.18. The molecule has 0 aliphatic carbocycles. The van der Waals surface area contributed by atoms with Crippen LogP contribution in [-0.2, 0) is 4.74 Å². The smallest absolute Gasteiger partial charge is 0.407 e. The fourth-order valence-electron chi connectivity index (χ4n) is 2.21. The van der Waals surface area contributed by atoms with Crippen LogP contribution in [0.15, 0.2) is 79.0 Å². The predicted molar refractivity (Wildman–Crippen MR) is 98.1 cm³/mol. The van der Waals surface area contributed by atoms with Crippen LogP contribution in [0, 0.1) is 11.8 Å². The SMILES string of the molecule is O=C1N[C@H](c2cccc(C#Cc3ccccn3)n2)CO1.c1ccccc1. The van der Waals surface area contributed by atoms with Gasteiger partial charge in [0, 0.05) is 6.20 Å². The normalized spacial score (nSPS) is 14.8. The van der Waals surface area contributed by atoms with Crippen molar-refractivity contribution in [2.75, 3.05) is 6.61 Å². The largest absolute Gasteiger partial charge is 0.447 e. The fourth-order valence-corrected chi connectivity index (χ4v) is 2.21. The summed E-state index contributed by atoms with van der Waals surface area (Å²) < 4.78 is 4.85. The first-order chi connectivity index (χ1) is 12.8. The highest BCUT2D eigenvalue weighted by molar-refractivity contribution is 5.69. The third-order valence-electron chi connectivity index (χ3n) is 3.45. The summed E-state index contributed by atoms with van der Waals surface area (Å²) in [6, 6.07) is 22.9. The highest BCUT2D eigenvalue weighted by atomic mass is 16.6. The van der Waals surface area contributed by atoms with E-state index in [0.717, 1.165) is 5.69 Å². The number of carbonyl (C=O) groups is 1. The van der Waals surface area contributed by atoms with Gasteiger partial charge in [-0.3, -0.25) is 0 Å². The summed E-state index contributed by atoms with van der Waals surface area (Å²) in [6.07, 6.45) is 1.28. The van der Waals surface area contributed by atoms with Crippen LogP contribution in [0.4, 0.5) is 4.79 Å². The zero-order valence-corrected chi connectivity index (χ0v) is 14.0. The Labute approximate surface area is 152 Å². The molecule has 5 heteroatoms. The number of amides is 1. The number of carbonyl (C=O) groups excluding carboxylic acids is 1. The highest BCUT2D eigenvalue weighted by Gasteiger charge is 2.24. The molecule has 128 valence electrons. The van der Waals surface area contributed by atoms with Crippen molar-refractivity contribution in [2.24, 2.45) is 0 Å². The average molecular weight is 343 g/mol. The van der Waals surface area contributed by atoms with E-state index in [4.69, 9.17) is 4.74 Å². The molecule has 5 nitrogen and oxygen atoms in total. The second-order valence-corrected chi connectivity index (χ2v) is 5.36. The summed E-state index contributed by atoms with van der Waals surface area (Å²) in [6.45, 7) is 0.295. The van der Waals surface area contributed by atoms with Crippen molar-refractivity contribution in [1.29, 1.82) is 0 Å². The molecule has 1 aliphatic heterocycles. The van der Waals surface area contributed by atoms with E-state index < -0.39 is 6.09 Å². The van der Waals surface area contributed by atoms with Crippen LogP contribution in [0.3, 0.4) is 0 Å². The summed E-state index contributed by atoms with van der Waals surface area (Å²) in [7, 11) is 0. The quantitative estimate of drug-likeness (QED) is 0.688. The molecule has 0 spiro atoms. The van der Waals surface area contributed by atoms with Crippen LogP contribution in [0.1, 0.15) is 23.1 Å². The number of alkyl carbamates (subject to hydrolysis) is 1. The van der Waals surface area contributed by atoms with Crippen molar-refractivity contribution in [2.45, 2.75) is 6.04 Å². The molecule has 4 rings (SSSR count). The minimum Gasteiger partial charge on any atom is -0.447 e. The topological polar surface area (TPSA) is 64.1 Å². The van der Waals surface area contributed by atoms with Crippen LogP contribution in [0.25, 0.3) is 0 Å². The number of nitrogens with one attached hydrogen (secondary N) is 1. The number of pyridine rings is 2. The van der Waals surface area contributed by atoms with Gasteiger partial charge in [0.2, 0.25) is 0 Å². The van der Waals surface area contributed by atoms with E-state index in [0.29, 0.717) is 18.0 Å². The van der Waals surface area contributed by atoms with Gasteiger partial charge in [-0.05, 0) is 36.1 Å². The number of aromatic nitrogens is 2. The summed E-state index contributed by atoms with van der Waals surface area (Å²) in [5.41, 5.74) is 2.06. The van der Waals surface area contributed by atoms with Crippen LogP contribution in [0.5, 0.6) is 0 Å². The maximum atomic E-state index is 11.0. The van der Waals surface area contributed by atoms with Crippen LogP contribution >= 0.6 is 0 Å². The lowest BCUT2D eigenvalue weighted by molar-refractivity contribution is 0.177. The number of hydrogen-bond acceptors (Lipinski definition) is 4. The number of hydrogen-bond donors (Lipinski definition) is 1. The van der Waals surface area contributed by atoms with Gasteiger partial charge in [-0.2, -0.15) is 0 Å². The van der Waals surface area contributed by atoms with E-state index in [-0.39, 0.29) is 6.04 Å². The Kier molecular flexibility index (Phi) is 5.95. The molecule has 0 bridgehead atoms. The molecule has 0 unspecified atom stereocenters. The van der Waals surface area contributed by atoms with Crippen molar-refractivity contribution < 1.29 is 9.53 Å². The third-order valence-corrected chi connectivity index (χ3v) is 3.45. The van der Waals surface area contributed by atoms with Gasteiger partial charge in [-0.25, -0.2) is 14.8 Å². The Bertz CT molecular complexity index is 876. The Balaban J connectivity index is 0.000000278. The predicted octanol–water partition coefficient (Wildman–Crippen LogP) is 3.34. The molecule has 1 saturated heterocycles. The summed E-state index contributed by atoms with van der Waals surface area (Å²) in [5, 5.41) is 2.69. The van der Waals surface area contributed by atoms with Crippen LogP contribution in [0.2, 0.25) is 0 Å². The maximum Gasteiger partial charge on any atom is 0.407 e. The van der Waals surface area contributed by atoms with E-state index in [1.165, 1.54) is 0 Å². The summed E-state index contributed by atoms with van der Waals surface area (Å²) in [4.78, 5) is 19.6. The lowest BCUT2D eigenvalue weighted by Crippen LogP contribution is -2.19. The van der Waals surface area contributed by atoms with Crippen molar-refractivity contribution in [1.82, 2.24) is 15.3 Å². The van der Waals surface area contributed by atoms with E-state index in [1.807, 2.05) is 72.8 Å². The van der Waals surface area contributed by atoms with Crippen molar-refractivity contribution in [3.05, 3.63) is 96.1 Å². The monoisotopic (exact) mass is 343 g/mol. The average Bonchev–Trinajstić information content (AvgIpc) is 3.16. The second kappa shape index (κ2) is 9.00. The number of benzene rings is 1. The van der Waals surface area contributed by atoms with Gasteiger partial charge in [-0.15, -0.1) is 0 Å². The molecule has 1 aliphatic rings. The van der Waals surface area contributed by atoms with Gasteiger partial charge >= 0.3 is 6.09 Å². The van der Waals surface area contributed by atoms with E-state index in [2.05, 4.69) is 27.1 Å². The summed E-state index contributed by atoms with van der Waals surface area (Å²) in [5.74, 6) is 5.90. The number of cyclic esters (lactones) is 1. The van der Waals surface area contributed by atoms with E-state index in [1.54, 1.807) is 6.20 Å². The van der Waals surface area contributed by atoms with E-state index in [9.17, 15) is 4.79 Å². The Morgan fingerprint density at radius 1 is 0.885 bits per heavy atom. The molecule has 0 radical (unpaired) electrons. The molecule has 2 aromatic heterocycles. The van der Waals surface area contributed by atoms with Crippen LogP contribution < -0.4 is 5.32 Å². The maximum absolute atomic E-state index is 11.0. The molecule has 3 aromatic rings. The Morgan fingerprint density at radius 2 is 1.58 bits per heavy atom. The molecule has 1 N–H and O–H groups in total. The Morgan fingerprint density at radius 3 is 2.19 bits per heavy atom. The van der Waals surface area contributed by atoms with Crippen molar-refractivity contribution in [3.63, 3.8) is 0 Å². The minimum absolute atomic E-state index is 0.209. The highest BCUT2D eigenvalue weighted by Crippen LogP contribution is 2.15. The number of ether oxygens (including phenoxy) is 1. The molecular weight excluding hydrogens is 326 g/mol. The van der Waals surface area contributed by atoms with Gasteiger partial charge in [0.25, 0.3) is 0 Å². The fraction of sp³-hybridized carbons (Fsp3) is 0.0952. The number of nitrogens with zero attached hydrogens (tertiary/aromatic N) is 2. The first kappa shape index (κ1) is 17.2. The molecule has 1 atom stereocenters. The number of rotatable bonds is 1. The molecular formula is C21H17N3O2. The zero-order chi connectivity index (χ0) is 18.0. The van der Waals surface area contributed by atoms with Gasteiger partial charge < -0.3 is 10.1 Å². The standard InChI is InChI=1S/C15H11N3O2.C6H6/c19-15-18-14(10-20-15)13-6-3-5-12(17-13)8-7-11-4-1-2-9-16-11;1-2-4-6-5-3-1/h1-6,9,14H,10H2,(H,18,19);1-6H/t14-;/m0./s1. The molecule has 3 heterocycles. The van der Waals surface area contributed by atoms with E-state index >= 15 is 0 Å². The first-order valence-corrected chi connectivity index (χ1v) is 8.14. The second-order valence-electron chi connectivity index (χ2n) is 5.36. The minimum atomic E-state index is -0.415. The first-order valence-electron chi connectivity index (χ1n) is 8.14. The zero-order valence-electron chi connectivity index (χ0n) is 14.0. The van der Waals surface area contributed by atoms with Gasteiger partial charge in [0.05, 0.1) is 5.69 Å². The lowest BCUT2D eigenvalue weighted by Gasteiger charge is -2.06. The molecule has 1 fully saturated rings. The van der Waals surface area contributed by atoms with Crippen LogP contribution in [-0.4, -0.2) is 22.7 Å².